The Balaban J connectivity index is 1.62. The summed E-state index contributed by atoms with van der Waals surface area (Å²) in [5.74, 6) is 2.59. The van der Waals surface area contributed by atoms with E-state index in [9.17, 15) is 0 Å². The summed E-state index contributed by atoms with van der Waals surface area (Å²) in [5.41, 5.74) is 2.20. The van der Waals surface area contributed by atoms with Crippen molar-refractivity contribution in [3.8, 4) is 5.75 Å². The monoisotopic (exact) mass is 305 g/mol. The lowest BCUT2D eigenvalue weighted by molar-refractivity contribution is 0.303. The molecule has 1 N–H and O–H groups in total. The van der Waals surface area contributed by atoms with Gasteiger partial charge in [0.05, 0.1) is 11.6 Å². The lowest BCUT2D eigenvalue weighted by Gasteiger charge is -2.08. The molecule has 0 aliphatic heterocycles. The zero-order chi connectivity index (χ0) is 14.8. The molecule has 0 amide bonds. The minimum absolute atomic E-state index is 0.474. The minimum atomic E-state index is 0.474. The third kappa shape index (κ3) is 3.80. The second kappa shape index (κ2) is 6.12. The maximum atomic E-state index is 6.14. The second-order valence-electron chi connectivity index (χ2n) is 5.67. The first-order valence-electron chi connectivity index (χ1n) is 7.32. The number of halogens is 1. The van der Waals surface area contributed by atoms with Crippen molar-refractivity contribution in [2.24, 2.45) is 0 Å². The third-order valence-electron chi connectivity index (χ3n) is 3.68. The summed E-state index contributed by atoms with van der Waals surface area (Å²) in [4.78, 5) is 0. The molecular weight excluding hydrogens is 286 g/mol. The largest absolute Gasteiger partial charge is 0.487 e. The summed E-state index contributed by atoms with van der Waals surface area (Å²) in [6.07, 6.45) is 2.56. The van der Waals surface area contributed by atoms with Gasteiger partial charge in [0.15, 0.2) is 0 Å². The molecule has 0 unspecified atom stereocenters. The van der Waals surface area contributed by atoms with Crippen molar-refractivity contribution in [2.75, 3.05) is 0 Å². The molecule has 3 rings (SSSR count). The Labute approximate surface area is 130 Å². The van der Waals surface area contributed by atoms with Crippen molar-refractivity contribution in [1.29, 1.82) is 0 Å². The average Bonchev–Trinajstić information content (AvgIpc) is 3.22. The van der Waals surface area contributed by atoms with Gasteiger partial charge in [-0.3, -0.25) is 0 Å². The summed E-state index contributed by atoms with van der Waals surface area (Å²) in [6, 6.07) is 8.53. The first kappa shape index (κ1) is 14.5. The highest BCUT2D eigenvalue weighted by molar-refractivity contribution is 6.32. The second-order valence-corrected chi connectivity index (χ2v) is 6.08. The van der Waals surface area contributed by atoms with E-state index >= 15 is 0 Å². The molecule has 21 heavy (non-hydrogen) atoms. The molecule has 2 aromatic rings. The fourth-order valence-corrected chi connectivity index (χ4v) is 2.40. The lowest BCUT2D eigenvalue weighted by Crippen LogP contribution is -2.14. The number of benzene rings is 1. The molecule has 112 valence electrons. The van der Waals surface area contributed by atoms with Crippen LogP contribution in [0.25, 0.3) is 0 Å². The normalized spacial score (nSPS) is 14.4. The Bertz CT molecular complexity index is 632. The van der Waals surface area contributed by atoms with Gasteiger partial charge in [-0.2, -0.15) is 0 Å². The Hall–Kier alpha value is -1.45. The van der Waals surface area contributed by atoms with E-state index in [-0.39, 0.29) is 0 Å². The SMILES string of the molecule is Cc1ccc(Cl)c(OCc2cc(CNC3CC3)oc2C)c1. The summed E-state index contributed by atoms with van der Waals surface area (Å²) in [7, 11) is 0. The van der Waals surface area contributed by atoms with Crippen LogP contribution in [0.3, 0.4) is 0 Å². The Morgan fingerprint density at radius 1 is 1.29 bits per heavy atom. The van der Waals surface area contributed by atoms with Crippen LogP contribution in [0.4, 0.5) is 0 Å². The molecule has 4 heteroatoms. The van der Waals surface area contributed by atoms with Gasteiger partial charge in [0.2, 0.25) is 0 Å². The van der Waals surface area contributed by atoms with Gasteiger partial charge >= 0.3 is 0 Å². The molecule has 1 aromatic heterocycles. The van der Waals surface area contributed by atoms with E-state index < -0.39 is 0 Å². The standard InChI is InChI=1S/C17H20ClNO2/c1-11-3-6-16(18)17(7-11)20-10-13-8-15(21-12(13)2)9-19-14-4-5-14/h3,6-8,14,19H,4-5,9-10H2,1-2H3. The molecule has 3 nitrogen and oxygen atoms in total. The van der Waals surface area contributed by atoms with Crippen molar-refractivity contribution >= 4 is 11.6 Å². The van der Waals surface area contributed by atoms with Crippen LogP contribution in [0.1, 0.15) is 35.5 Å². The first-order chi connectivity index (χ1) is 10.1. The van der Waals surface area contributed by atoms with Crippen LogP contribution >= 0.6 is 11.6 Å². The molecule has 0 atom stereocenters. The van der Waals surface area contributed by atoms with Gasteiger partial charge in [-0.05, 0) is 50.5 Å². The van der Waals surface area contributed by atoms with Gasteiger partial charge < -0.3 is 14.5 Å². The van der Waals surface area contributed by atoms with E-state index in [0.29, 0.717) is 17.7 Å². The first-order valence-corrected chi connectivity index (χ1v) is 7.70. The number of aryl methyl sites for hydroxylation is 2. The number of hydrogen-bond donors (Lipinski definition) is 1. The fraction of sp³-hybridized carbons (Fsp3) is 0.412. The van der Waals surface area contributed by atoms with Crippen LogP contribution in [0.15, 0.2) is 28.7 Å². The zero-order valence-corrected chi connectivity index (χ0v) is 13.2. The highest BCUT2D eigenvalue weighted by atomic mass is 35.5. The molecule has 1 aliphatic rings. The van der Waals surface area contributed by atoms with Gasteiger partial charge in [-0.1, -0.05) is 17.7 Å². The molecule has 1 fully saturated rings. The van der Waals surface area contributed by atoms with Crippen molar-refractivity contribution in [1.82, 2.24) is 5.32 Å². The molecular formula is C17H20ClNO2. The number of ether oxygens (including phenoxy) is 1. The predicted octanol–water partition coefficient (Wildman–Crippen LogP) is 4.38. The van der Waals surface area contributed by atoms with E-state index in [2.05, 4.69) is 11.4 Å². The predicted molar refractivity (Wildman–Crippen MR) is 83.8 cm³/mol. The molecule has 0 radical (unpaired) electrons. The lowest BCUT2D eigenvalue weighted by atomic mass is 10.2. The van der Waals surface area contributed by atoms with E-state index in [4.69, 9.17) is 20.8 Å². The van der Waals surface area contributed by atoms with Crippen LogP contribution < -0.4 is 10.1 Å². The van der Waals surface area contributed by atoms with Gasteiger partial charge in [0, 0.05) is 11.6 Å². The van der Waals surface area contributed by atoms with Gasteiger partial charge in [-0.15, -0.1) is 0 Å². The average molecular weight is 306 g/mol. The smallest absolute Gasteiger partial charge is 0.138 e. The van der Waals surface area contributed by atoms with E-state index in [1.165, 1.54) is 12.8 Å². The molecule has 0 bridgehead atoms. The maximum Gasteiger partial charge on any atom is 0.138 e. The molecule has 1 heterocycles. The van der Waals surface area contributed by atoms with Crippen LogP contribution in [0.5, 0.6) is 5.75 Å². The van der Waals surface area contributed by atoms with Crippen LogP contribution in [0.2, 0.25) is 5.02 Å². The van der Waals surface area contributed by atoms with E-state index in [0.717, 1.165) is 34.9 Å². The van der Waals surface area contributed by atoms with Crippen LogP contribution in [-0.4, -0.2) is 6.04 Å². The number of furan rings is 1. The minimum Gasteiger partial charge on any atom is -0.487 e. The highest BCUT2D eigenvalue weighted by Crippen LogP contribution is 2.27. The van der Waals surface area contributed by atoms with Crippen LogP contribution in [0, 0.1) is 13.8 Å². The maximum absolute atomic E-state index is 6.14. The molecule has 1 aliphatic carbocycles. The summed E-state index contributed by atoms with van der Waals surface area (Å²) in [5, 5.41) is 4.08. The van der Waals surface area contributed by atoms with Crippen molar-refractivity contribution in [3.05, 3.63) is 51.9 Å². The van der Waals surface area contributed by atoms with Gasteiger partial charge in [-0.25, -0.2) is 0 Å². The molecule has 1 saturated carbocycles. The highest BCUT2D eigenvalue weighted by Gasteiger charge is 2.21. The molecule has 1 aromatic carbocycles. The summed E-state index contributed by atoms with van der Waals surface area (Å²) >= 11 is 6.14. The molecule has 0 spiro atoms. The van der Waals surface area contributed by atoms with Gasteiger partial charge in [0.1, 0.15) is 23.9 Å². The van der Waals surface area contributed by atoms with Gasteiger partial charge in [0.25, 0.3) is 0 Å². The Morgan fingerprint density at radius 2 is 2.10 bits per heavy atom. The number of rotatable bonds is 6. The summed E-state index contributed by atoms with van der Waals surface area (Å²) < 4.78 is 11.6. The van der Waals surface area contributed by atoms with E-state index in [1.807, 2.05) is 32.0 Å². The Morgan fingerprint density at radius 3 is 2.86 bits per heavy atom. The number of hydrogen-bond acceptors (Lipinski definition) is 3. The van der Waals surface area contributed by atoms with Crippen molar-refractivity contribution < 1.29 is 9.15 Å². The van der Waals surface area contributed by atoms with Crippen molar-refractivity contribution in [3.63, 3.8) is 0 Å². The fourth-order valence-electron chi connectivity index (χ4n) is 2.23. The van der Waals surface area contributed by atoms with E-state index in [1.54, 1.807) is 0 Å². The topological polar surface area (TPSA) is 34.4 Å². The number of nitrogens with one attached hydrogen (secondary N) is 1. The third-order valence-corrected chi connectivity index (χ3v) is 4.00. The van der Waals surface area contributed by atoms with Crippen LogP contribution in [-0.2, 0) is 13.2 Å². The Kier molecular flexibility index (Phi) is 4.22. The zero-order valence-electron chi connectivity index (χ0n) is 12.4. The van der Waals surface area contributed by atoms with Crippen molar-refractivity contribution in [2.45, 2.75) is 45.9 Å². The quantitative estimate of drug-likeness (QED) is 0.860. The molecule has 0 saturated heterocycles. The summed E-state index contributed by atoms with van der Waals surface area (Å²) in [6.45, 7) is 5.25.